The summed E-state index contributed by atoms with van der Waals surface area (Å²) < 4.78 is 33.6. The number of amides is 1. The zero-order valence-electron chi connectivity index (χ0n) is 16.6. The van der Waals surface area contributed by atoms with Gasteiger partial charge in [-0.3, -0.25) is 4.79 Å². The number of benzene rings is 3. The van der Waals surface area contributed by atoms with Gasteiger partial charge in [-0.25, -0.2) is 8.42 Å². The summed E-state index contributed by atoms with van der Waals surface area (Å²) in [5.74, 6) is 0.175. The minimum absolute atomic E-state index is 0.0475. The van der Waals surface area contributed by atoms with Gasteiger partial charge in [-0.1, -0.05) is 45.7 Å². The SMILES string of the molecule is COc1ccc(NC(=O)CN(Cc2ccccc2Cl)S(=O)(=O)c2ccc(Br)cc2)cc1. The van der Waals surface area contributed by atoms with Crippen LogP contribution in [0.15, 0.2) is 82.2 Å². The molecule has 0 heterocycles. The van der Waals surface area contributed by atoms with Gasteiger partial charge in [0.1, 0.15) is 5.75 Å². The second-order valence-corrected chi connectivity index (χ2v) is 9.86. The maximum Gasteiger partial charge on any atom is 0.243 e. The Kier molecular flexibility index (Phi) is 7.72. The molecule has 0 aliphatic carbocycles. The lowest BCUT2D eigenvalue weighted by Crippen LogP contribution is -2.37. The van der Waals surface area contributed by atoms with Crippen molar-refractivity contribution in [3.05, 3.63) is 87.9 Å². The fourth-order valence-electron chi connectivity index (χ4n) is 2.83. The lowest BCUT2D eigenvalue weighted by Gasteiger charge is -2.22. The van der Waals surface area contributed by atoms with Crippen LogP contribution in [0.3, 0.4) is 0 Å². The molecule has 3 aromatic rings. The summed E-state index contributed by atoms with van der Waals surface area (Å²) >= 11 is 9.54. The Labute approximate surface area is 195 Å². The highest BCUT2D eigenvalue weighted by molar-refractivity contribution is 9.10. The third-order valence-corrected chi connectivity index (χ3v) is 7.15. The van der Waals surface area contributed by atoms with E-state index in [1.165, 1.54) is 12.1 Å². The molecule has 0 saturated carbocycles. The van der Waals surface area contributed by atoms with Gasteiger partial charge in [0, 0.05) is 21.7 Å². The summed E-state index contributed by atoms with van der Waals surface area (Å²) in [4.78, 5) is 12.8. The molecule has 0 atom stereocenters. The zero-order valence-corrected chi connectivity index (χ0v) is 19.7. The molecule has 0 radical (unpaired) electrons. The topological polar surface area (TPSA) is 75.7 Å². The van der Waals surface area contributed by atoms with Gasteiger partial charge in [0.2, 0.25) is 15.9 Å². The molecule has 31 heavy (non-hydrogen) atoms. The number of nitrogens with zero attached hydrogens (tertiary/aromatic N) is 1. The van der Waals surface area contributed by atoms with Crippen molar-refractivity contribution in [2.24, 2.45) is 0 Å². The molecule has 9 heteroatoms. The Bertz CT molecular complexity index is 1150. The number of halogens is 2. The second-order valence-electron chi connectivity index (χ2n) is 6.60. The fraction of sp³-hybridized carbons (Fsp3) is 0.136. The molecule has 0 spiro atoms. The van der Waals surface area contributed by atoms with Crippen molar-refractivity contribution < 1.29 is 17.9 Å². The van der Waals surface area contributed by atoms with Crippen molar-refractivity contribution in [3.8, 4) is 5.75 Å². The lowest BCUT2D eigenvalue weighted by molar-refractivity contribution is -0.116. The van der Waals surface area contributed by atoms with Crippen LogP contribution in [0, 0.1) is 0 Å². The van der Waals surface area contributed by atoms with Crippen molar-refractivity contribution >= 4 is 49.1 Å². The Morgan fingerprint density at radius 1 is 1.03 bits per heavy atom. The number of rotatable bonds is 8. The molecule has 1 amide bonds. The molecule has 1 N–H and O–H groups in total. The average molecular weight is 524 g/mol. The molecule has 0 aromatic heterocycles. The van der Waals surface area contributed by atoms with Crippen LogP contribution in [0.5, 0.6) is 5.75 Å². The van der Waals surface area contributed by atoms with Crippen molar-refractivity contribution in [1.29, 1.82) is 0 Å². The van der Waals surface area contributed by atoms with E-state index in [4.69, 9.17) is 16.3 Å². The fourth-order valence-corrected chi connectivity index (χ4v) is 4.67. The van der Waals surface area contributed by atoms with Gasteiger partial charge in [0.15, 0.2) is 0 Å². The molecule has 0 aliphatic heterocycles. The first kappa shape index (κ1) is 23.3. The van der Waals surface area contributed by atoms with Crippen LogP contribution in [0.1, 0.15) is 5.56 Å². The third kappa shape index (κ3) is 6.07. The minimum Gasteiger partial charge on any atom is -0.497 e. The molecular weight excluding hydrogens is 504 g/mol. The summed E-state index contributed by atoms with van der Waals surface area (Å²) in [5.41, 5.74) is 1.13. The largest absolute Gasteiger partial charge is 0.497 e. The Morgan fingerprint density at radius 2 is 1.68 bits per heavy atom. The number of ether oxygens (including phenoxy) is 1. The third-order valence-electron chi connectivity index (χ3n) is 4.45. The van der Waals surface area contributed by atoms with E-state index in [-0.39, 0.29) is 18.0 Å². The van der Waals surface area contributed by atoms with Gasteiger partial charge in [0.05, 0.1) is 18.6 Å². The highest BCUT2D eigenvalue weighted by atomic mass is 79.9. The van der Waals surface area contributed by atoms with Gasteiger partial charge >= 0.3 is 0 Å². The smallest absolute Gasteiger partial charge is 0.243 e. The summed E-state index contributed by atoms with van der Waals surface area (Å²) in [5, 5.41) is 3.14. The van der Waals surface area contributed by atoms with E-state index in [2.05, 4.69) is 21.2 Å². The number of methoxy groups -OCH3 is 1. The van der Waals surface area contributed by atoms with E-state index in [0.29, 0.717) is 22.0 Å². The number of carbonyl (C=O) groups excluding carboxylic acids is 1. The maximum absolute atomic E-state index is 13.3. The highest BCUT2D eigenvalue weighted by Crippen LogP contribution is 2.24. The summed E-state index contributed by atoms with van der Waals surface area (Å²) in [7, 11) is -2.41. The summed E-state index contributed by atoms with van der Waals surface area (Å²) in [6, 6.07) is 19.9. The molecule has 162 valence electrons. The number of carbonyl (C=O) groups is 1. The van der Waals surface area contributed by atoms with E-state index < -0.39 is 15.9 Å². The summed E-state index contributed by atoms with van der Waals surface area (Å²) in [6.07, 6.45) is 0. The first-order chi connectivity index (χ1) is 14.8. The van der Waals surface area contributed by atoms with E-state index in [0.717, 1.165) is 8.78 Å². The first-order valence-electron chi connectivity index (χ1n) is 9.22. The van der Waals surface area contributed by atoms with Gasteiger partial charge in [-0.05, 0) is 60.2 Å². The molecule has 0 aliphatic rings. The standard InChI is InChI=1S/C22H20BrClN2O4S/c1-30-19-10-8-18(9-11-19)25-22(27)15-26(14-16-4-2-3-5-21(16)24)31(28,29)20-12-6-17(23)7-13-20/h2-13H,14-15H2,1H3,(H,25,27). The molecule has 0 unspecified atom stereocenters. The van der Waals surface area contributed by atoms with E-state index in [9.17, 15) is 13.2 Å². The van der Waals surface area contributed by atoms with Crippen molar-refractivity contribution in [2.45, 2.75) is 11.4 Å². The quantitative estimate of drug-likeness (QED) is 0.454. The van der Waals surface area contributed by atoms with Crippen LogP contribution in [-0.4, -0.2) is 32.3 Å². The number of anilines is 1. The first-order valence-corrected chi connectivity index (χ1v) is 11.8. The predicted octanol–water partition coefficient (Wildman–Crippen LogP) is 4.94. The van der Waals surface area contributed by atoms with Crippen LogP contribution in [0.25, 0.3) is 0 Å². The molecule has 6 nitrogen and oxygen atoms in total. The van der Waals surface area contributed by atoms with Crippen molar-refractivity contribution in [2.75, 3.05) is 19.0 Å². The maximum atomic E-state index is 13.3. The van der Waals surface area contributed by atoms with Crippen molar-refractivity contribution in [3.63, 3.8) is 0 Å². The summed E-state index contributed by atoms with van der Waals surface area (Å²) in [6.45, 7) is -0.427. The number of hydrogen-bond acceptors (Lipinski definition) is 4. The Balaban J connectivity index is 1.86. The predicted molar refractivity (Wildman–Crippen MR) is 125 cm³/mol. The molecule has 0 fully saturated rings. The number of nitrogens with one attached hydrogen (secondary N) is 1. The van der Waals surface area contributed by atoms with Gasteiger partial charge in [0.25, 0.3) is 0 Å². The highest BCUT2D eigenvalue weighted by Gasteiger charge is 2.27. The van der Waals surface area contributed by atoms with Gasteiger partial charge in [-0.2, -0.15) is 4.31 Å². The minimum atomic E-state index is -3.96. The van der Waals surface area contributed by atoms with E-state index in [1.54, 1.807) is 67.8 Å². The number of hydrogen-bond donors (Lipinski definition) is 1. The van der Waals surface area contributed by atoms with Crippen LogP contribution in [0.2, 0.25) is 5.02 Å². The normalized spacial score (nSPS) is 11.4. The molecular formula is C22H20BrClN2O4S. The average Bonchev–Trinajstić information content (AvgIpc) is 2.75. The van der Waals surface area contributed by atoms with Crippen LogP contribution in [-0.2, 0) is 21.4 Å². The molecule has 0 saturated heterocycles. The van der Waals surface area contributed by atoms with Gasteiger partial charge < -0.3 is 10.1 Å². The van der Waals surface area contributed by atoms with Crippen LogP contribution >= 0.6 is 27.5 Å². The van der Waals surface area contributed by atoms with E-state index in [1.807, 2.05) is 0 Å². The lowest BCUT2D eigenvalue weighted by atomic mass is 10.2. The van der Waals surface area contributed by atoms with Crippen LogP contribution in [0.4, 0.5) is 5.69 Å². The van der Waals surface area contributed by atoms with Gasteiger partial charge in [-0.15, -0.1) is 0 Å². The second kappa shape index (κ2) is 10.3. The zero-order chi connectivity index (χ0) is 22.4. The Morgan fingerprint density at radius 3 is 2.29 bits per heavy atom. The number of sulfonamides is 1. The van der Waals surface area contributed by atoms with Crippen molar-refractivity contribution in [1.82, 2.24) is 4.31 Å². The molecule has 3 rings (SSSR count). The molecule has 0 bridgehead atoms. The van der Waals surface area contributed by atoms with Crippen LogP contribution < -0.4 is 10.1 Å². The molecule has 3 aromatic carbocycles. The van der Waals surface area contributed by atoms with E-state index >= 15 is 0 Å². The monoisotopic (exact) mass is 522 g/mol. The Hall–Kier alpha value is -2.39.